The first-order valence-corrected chi connectivity index (χ1v) is 9.11. The van der Waals surface area contributed by atoms with Gasteiger partial charge >= 0.3 is 0 Å². The van der Waals surface area contributed by atoms with Crippen molar-refractivity contribution < 1.29 is 4.74 Å². The van der Waals surface area contributed by atoms with E-state index in [1.807, 2.05) is 42.7 Å². The number of H-pyrrole nitrogens is 1. The zero-order chi connectivity index (χ0) is 18.6. The van der Waals surface area contributed by atoms with Gasteiger partial charge in [-0.3, -0.25) is 4.98 Å². The lowest BCUT2D eigenvalue weighted by Crippen LogP contribution is -2.06. The van der Waals surface area contributed by atoms with E-state index in [0.29, 0.717) is 0 Å². The van der Waals surface area contributed by atoms with Gasteiger partial charge in [-0.1, -0.05) is 18.2 Å². The molecule has 1 N–H and O–H groups in total. The number of methoxy groups -OCH3 is 1. The molecule has 4 heteroatoms. The Bertz CT molecular complexity index is 1020. The molecule has 0 atom stereocenters. The van der Waals surface area contributed by atoms with Crippen LogP contribution in [0.15, 0.2) is 73.1 Å². The number of nitrogens with one attached hydrogen (secondary N) is 1. The monoisotopic (exact) mass is 357 g/mol. The van der Waals surface area contributed by atoms with E-state index in [1.165, 1.54) is 22.5 Å². The average molecular weight is 357 g/mol. The van der Waals surface area contributed by atoms with Crippen molar-refractivity contribution in [2.45, 2.75) is 19.8 Å². The Labute approximate surface area is 159 Å². The molecule has 0 amide bonds. The topological polar surface area (TPSA) is 42.8 Å². The fourth-order valence-electron chi connectivity index (χ4n) is 3.57. The smallest absolute Gasteiger partial charge is 0.119 e. The third kappa shape index (κ3) is 3.65. The number of ether oxygens (including phenoxy) is 1. The minimum Gasteiger partial charge on any atom is -0.497 e. The maximum Gasteiger partial charge on any atom is 0.119 e. The van der Waals surface area contributed by atoms with Gasteiger partial charge in [-0.15, -0.1) is 0 Å². The molecular formula is C23H23N3O. The normalized spacial score (nSPS) is 10.9. The van der Waals surface area contributed by atoms with Gasteiger partial charge in [-0.05, 0) is 66.9 Å². The van der Waals surface area contributed by atoms with Gasteiger partial charge < -0.3 is 14.3 Å². The summed E-state index contributed by atoms with van der Waals surface area (Å²) in [7, 11) is 1.71. The minimum absolute atomic E-state index is 0.785. The third-order valence-electron chi connectivity index (χ3n) is 4.80. The van der Waals surface area contributed by atoms with Crippen molar-refractivity contribution in [3.63, 3.8) is 0 Å². The Morgan fingerprint density at radius 3 is 2.67 bits per heavy atom. The van der Waals surface area contributed by atoms with Crippen molar-refractivity contribution in [3.05, 3.63) is 101 Å². The van der Waals surface area contributed by atoms with Crippen LogP contribution in [-0.2, 0) is 12.8 Å². The summed E-state index contributed by atoms with van der Waals surface area (Å²) in [6.45, 7) is 2.15. The summed E-state index contributed by atoms with van der Waals surface area (Å²) < 4.78 is 7.68. The molecule has 3 heterocycles. The molecule has 4 aromatic rings. The lowest BCUT2D eigenvalue weighted by atomic mass is 10.0. The van der Waals surface area contributed by atoms with Gasteiger partial charge in [0.15, 0.2) is 0 Å². The molecule has 0 spiro atoms. The van der Waals surface area contributed by atoms with Crippen LogP contribution in [0, 0.1) is 6.92 Å². The molecular weight excluding hydrogens is 334 g/mol. The molecule has 0 fully saturated rings. The number of aryl methyl sites for hydroxylation is 1. The second-order valence-corrected chi connectivity index (χ2v) is 6.67. The highest BCUT2D eigenvalue weighted by Crippen LogP contribution is 2.26. The zero-order valence-electron chi connectivity index (χ0n) is 15.6. The van der Waals surface area contributed by atoms with Crippen LogP contribution in [0.3, 0.4) is 0 Å². The predicted octanol–water partition coefficient (Wildman–Crippen LogP) is 4.70. The first-order chi connectivity index (χ1) is 13.2. The minimum atomic E-state index is 0.785. The van der Waals surface area contributed by atoms with Gasteiger partial charge in [0.2, 0.25) is 0 Å². The number of pyridine rings is 1. The predicted molar refractivity (Wildman–Crippen MR) is 108 cm³/mol. The fraction of sp³-hybridized carbons (Fsp3) is 0.174. The second kappa shape index (κ2) is 7.54. The molecule has 0 aliphatic rings. The molecule has 1 aromatic carbocycles. The van der Waals surface area contributed by atoms with E-state index in [-0.39, 0.29) is 0 Å². The molecule has 0 aliphatic carbocycles. The number of rotatable bonds is 6. The molecule has 0 bridgehead atoms. The maximum atomic E-state index is 5.39. The quantitative estimate of drug-likeness (QED) is 0.543. The van der Waals surface area contributed by atoms with Gasteiger partial charge in [0.1, 0.15) is 11.6 Å². The van der Waals surface area contributed by atoms with E-state index in [4.69, 9.17) is 4.74 Å². The number of hydrogen-bond acceptors (Lipinski definition) is 2. The van der Waals surface area contributed by atoms with Crippen molar-refractivity contribution in [1.29, 1.82) is 0 Å². The summed E-state index contributed by atoms with van der Waals surface area (Å²) >= 11 is 0. The lowest BCUT2D eigenvalue weighted by molar-refractivity contribution is 0.414. The Morgan fingerprint density at radius 1 is 1.00 bits per heavy atom. The molecule has 0 saturated heterocycles. The molecule has 27 heavy (non-hydrogen) atoms. The van der Waals surface area contributed by atoms with E-state index in [2.05, 4.69) is 51.8 Å². The fourth-order valence-corrected chi connectivity index (χ4v) is 3.57. The number of aromatic amines is 1. The maximum absolute atomic E-state index is 5.39. The van der Waals surface area contributed by atoms with E-state index in [0.717, 1.165) is 30.1 Å². The Morgan fingerprint density at radius 2 is 1.93 bits per heavy atom. The highest BCUT2D eigenvalue weighted by Gasteiger charge is 2.16. The average Bonchev–Trinajstić information content (AvgIpc) is 3.31. The molecule has 136 valence electrons. The summed E-state index contributed by atoms with van der Waals surface area (Å²) in [5.74, 6) is 1.97. The molecule has 0 unspecified atom stereocenters. The lowest BCUT2D eigenvalue weighted by Gasteiger charge is -2.12. The summed E-state index contributed by atoms with van der Waals surface area (Å²) in [6.07, 6.45) is 5.45. The first kappa shape index (κ1) is 17.2. The molecule has 4 nitrogen and oxygen atoms in total. The summed E-state index contributed by atoms with van der Waals surface area (Å²) in [4.78, 5) is 7.88. The van der Waals surface area contributed by atoms with E-state index < -0.39 is 0 Å². The first-order valence-electron chi connectivity index (χ1n) is 9.11. The Kier molecular flexibility index (Phi) is 4.79. The van der Waals surface area contributed by atoms with Crippen LogP contribution in [0.25, 0.3) is 5.82 Å². The summed E-state index contributed by atoms with van der Waals surface area (Å²) in [6, 6.07) is 20.8. The standard InChI is InChI=1S/C23H23N3O/c1-17-13-19(14-18-7-5-9-21(15-18)27-2)22(16-20-8-3-4-11-24-20)26(17)23-10-6-12-25-23/h3-13,15,25H,14,16H2,1-2H3. The van der Waals surface area contributed by atoms with Gasteiger partial charge in [0.25, 0.3) is 0 Å². The molecule has 0 saturated carbocycles. The molecule has 4 rings (SSSR count). The zero-order valence-corrected chi connectivity index (χ0v) is 15.6. The van der Waals surface area contributed by atoms with Gasteiger partial charge in [0.05, 0.1) is 7.11 Å². The second-order valence-electron chi connectivity index (χ2n) is 6.67. The van der Waals surface area contributed by atoms with Crippen molar-refractivity contribution in [2.24, 2.45) is 0 Å². The van der Waals surface area contributed by atoms with Gasteiger partial charge in [0, 0.05) is 35.9 Å². The highest BCUT2D eigenvalue weighted by molar-refractivity contribution is 5.42. The van der Waals surface area contributed by atoms with Crippen molar-refractivity contribution in [3.8, 4) is 11.6 Å². The molecule has 0 aliphatic heterocycles. The van der Waals surface area contributed by atoms with Crippen molar-refractivity contribution >= 4 is 0 Å². The van der Waals surface area contributed by atoms with Crippen molar-refractivity contribution in [2.75, 3.05) is 7.11 Å². The van der Waals surface area contributed by atoms with E-state index in [1.54, 1.807) is 7.11 Å². The number of nitrogens with zero attached hydrogens (tertiary/aromatic N) is 2. The molecule has 3 aromatic heterocycles. The number of benzene rings is 1. The van der Waals surface area contributed by atoms with Crippen LogP contribution in [0.5, 0.6) is 5.75 Å². The summed E-state index contributed by atoms with van der Waals surface area (Å²) in [5, 5.41) is 0. The van der Waals surface area contributed by atoms with E-state index in [9.17, 15) is 0 Å². The Balaban J connectivity index is 1.77. The summed E-state index contributed by atoms with van der Waals surface area (Å²) in [5.41, 5.74) is 6.08. The van der Waals surface area contributed by atoms with Gasteiger partial charge in [-0.25, -0.2) is 0 Å². The highest BCUT2D eigenvalue weighted by atomic mass is 16.5. The largest absolute Gasteiger partial charge is 0.497 e. The van der Waals surface area contributed by atoms with Crippen LogP contribution >= 0.6 is 0 Å². The number of aromatic nitrogens is 3. The van der Waals surface area contributed by atoms with Gasteiger partial charge in [-0.2, -0.15) is 0 Å². The van der Waals surface area contributed by atoms with Crippen LogP contribution in [-0.4, -0.2) is 21.6 Å². The van der Waals surface area contributed by atoms with Crippen molar-refractivity contribution in [1.82, 2.24) is 14.5 Å². The van der Waals surface area contributed by atoms with Crippen LogP contribution in [0.2, 0.25) is 0 Å². The molecule has 0 radical (unpaired) electrons. The SMILES string of the molecule is COc1cccc(Cc2cc(C)n(-c3ccc[nH]3)c2Cc2ccccn2)c1. The van der Waals surface area contributed by atoms with Crippen LogP contribution in [0.1, 0.15) is 28.2 Å². The van der Waals surface area contributed by atoms with E-state index >= 15 is 0 Å². The third-order valence-corrected chi connectivity index (χ3v) is 4.80. The Hall–Kier alpha value is -3.27. The van der Waals surface area contributed by atoms with Crippen LogP contribution in [0.4, 0.5) is 0 Å². The van der Waals surface area contributed by atoms with Crippen LogP contribution < -0.4 is 4.74 Å². The number of hydrogen-bond donors (Lipinski definition) is 1.